The Balaban J connectivity index is 1.73. The minimum atomic E-state index is -0.471. The Kier molecular flexibility index (Phi) is 6.11. The molecular formula is C19H20ClN5O2S. The lowest BCUT2D eigenvalue weighted by Crippen LogP contribution is -2.24. The number of halogens is 1. The average Bonchev–Trinajstić information content (AvgIpc) is 3.03. The van der Waals surface area contributed by atoms with Crippen LogP contribution in [0.4, 0.5) is 5.69 Å². The Morgan fingerprint density at radius 3 is 2.64 bits per heavy atom. The van der Waals surface area contributed by atoms with Crippen molar-refractivity contribution in [2.24, 2.45) is 0 Å². The summed E-state index contributed by atoms with van der Waals surface area (Å²) >= 11 is 7.22. The van der Waals surface area contributed by atoms with Gasteiger partial charge in [0.2, 0.25) is 11.1 Å². The number of amides is 1. The third-order valence-electron chi connectivity index (χ3n) is 4.05. The molecule has 0 fully saturated rings. The lowest BCUT2D eigenvalue weighted by atomic mass is 10.1. The second-order valence-corrected chi connectivity index (χ2v) is 7.88. The zero-order chi connectivity index (χ0) is 20.3. The Morgan fingerprint density at radius 1 is 1.25 bits per heavy atom. The maximum absolute atomic E-state index is 12.6. The maximum atomic E-state index is 12.6. The molecule has 1 atom stereocenters. The number of hydrogen-bond donors (Lipinski definition) is 2. The normalized spacial score (nSPS) is 11.9. The highest BCUT2D eigenvalue weighted by molar-refractivity contribution is 8.00. The monoisotopic (exact) mass is 417 g/mol. The van der Waals surface area contributed by atoms with Crippen LogP contribution < -0.4 is 15.9 Å². The number of hydrogen-bond acceptors (Lipinski definition) is 6. The molecule has 0 saturated heterocycles. The van der Waals surface area contributed by atoms with E-state index in [0.29, 0.717) is 27.4 Å². The number of carbonyl (C=O) groups is 1. The molecule has 9 heteroatoms. The van der Waals surface area contributed by atoms with Crippen LogP contribution in [0, 0.1) is 6.92 Å². The zero-order valence-electron chi connectivity index (χ0n) is 15.6. The van der Waals surface area contributed by atoms with Crippen molar-refractivity contribution in [3.63, 3.8) is 0 Å². The molecule has 7 nitrogen and oxygen atoms in total. The SMILES string of the molecule is COc1ccc(Cl)cc1NC(=O)[C@@H](C)Sc1nnc(-c2ccc(C)cc2)n1N. The molecule has 3 rings (SSSR count). The number of anilines is 1. The van der Waals surface area contributed by atoms with Crippen molar-refractivity contribution in [2.75, 3.05) is 18.3 Å². The van der Waals surface area contributed by atoms with E-state index in [4.69, 9.17) is 22.2 Å². The van der Waals surface area contributed by atoms with Gasteiger partial charge in [0.25, 0.3) is 0 Å². The van der Waals surface area contributed by atoms with Crippen molar-refractivity contribution in [2.45, 2.75) is 24.3 Å². The van der Waals surface area contributed by atoms with Crippen molar-refractivity contribution in [1.82, 2.24) is 14.9 Å². The predicted octanol–water partition coefficient (Wildman–Crippen LogP) is 3.75. The Labute approximate surface area is 172 Å². The number of nitrogens with two attached hydrogens (primary N) is 1. The van der Waals surface area contributed by atoms with Crippen molar-refractivity contribution in [1.29, 1.82) is 0 Å². The molecule has 3 aromatic rings. The summed E-state index contributed by atoms with van der Waals surface area (Å²) in [5.74, 6) is 6.97. The van der Waals surface area contributed by atoms with Crippen LogP contribution in [0.1, 0.15) is 12.5 Å². The second-order valence-electron chi connectivity index (χ2n) is 6.14. The van der Waals surface area contributed by atoms with Crippen molar-refractivity contribution < 1.29 is 9.53 Å². The molecule has 0 bridgehead atoms. The van der Waals surface area contributed by atoms with E-state index in [1.165, 1.54) is 23.5 Å². The Hall–Kier alpha value is -2.71. The van der Waals surface area contributed by atoms with Crippen LogP contribution in [0.2, 0.25) is 5.02 Å². The first-order valence-corrected chi connectivity index (χ1v) is 9.73. The third kappa shape index (κ3) is 4.40. The zero-order valence-corrected chi connectivity index (χ0v) is 17.2. The quantitative estimate of drug-likeness (QED) is 0.468. The molecule has 1 amide bonds. The summed E-state index contributed by atoms with van der Waals surface area (Å²) in [6.07, 6.45) is 0. The topological polar surface area (TPSA) is 95.1 Å². The smallest absolute Gasteiger partial charge is 0.237 e. The largest absolute Gasteiger partial charge is 0.495 e. The van der Waals surface area contributed by atoms with Gasteiger partial charge < -0.3 is 15.9 Å². The van der Waals surface area contributed by atoms with Crippen LogP contribution >= 0.6 is 23.4 Å². The molecule has 0 saturated carbocycles. The number of benzene rings is 2. The number of rotatable bonds is 6. The van der Waals surface area contributed by atoms with Gasteiger partial charge in [-0.1, -0.05) is 53.2 Å². The van der Waals surface area contributed by atoms with Gasteiger partial charge in [0.1, 0.15) is 5.75 Å². The van der Waals surface area contributed by atoms with Gasteiger partial charge in [-0.25, -0.2) is 4.68 Å². The molecule has 2 aromatic carbocycles. The van der Waals surface area contributed by atoms with Gasteiger partial charge in [-0.05, 0) is 32.0 Å². The number of methoxy groups -OCH3 is 1. The number of carbonyl (C=O) groups excluding carboxylic acids is 1. The van der Waals surface area contributed by atoms with Crippen molar-refractivity contribution in [3.05, 3.63) is 53.1 Å². The van der Waals surface area contributed by atoms with Gasteiger partial charge >= 0.3 is 0 Å². The van der Waals surface area contributed by atoms with E-state index in [9.17, 15) is 4.79 Å². The minimum Gasteiger partial charge on any atom is -0.495 e. The molecule has 1 heterocycles. The van der Waals surface area contributed by atoms with Crippen LogP contribution in [0.5, 0.6) is 5.75 Å². The molecule has 0 aliphatic rings. The van der Waals surface area contributed by atoms with Gasteiger partial charge in [0.05, 0.1) is 18.0 Å². The fraction of sp³-hybridized carbons (Fsp3) is 0.211. The fourth-order valence-electron chi connectivity index (χ4n) is 2.48. The molecule has 28 heavy (non-hydrogen) atoms. The van der Waals surface area contributed by atoms with E-state index in [1.54, 1.807) is 25.1 Å². The van der Waals surface area contributed by atoms with Crippen LogP contribution in [0.25, 0.3) is 11.4 Å². The summed E-state index contributed by atoms with van der Waals surface area (Å²) < 4.78 is 6.64. The molecule has 0 unspecified atom stereocenters. The van der Waals surface area contributed by atoms with Gasteiger partial charge in [0, 0.05) is 10.6 Å². The number of aromatic nitrogens is 3. The lowest BCUT2D eigenvalue weighted by Gasteiger charge is -2.14. The summed E-state index contributed by atoms with van der Waals surface area (Å²) in [5, 5.41) is 11.6. The number of nitrogen functional groups attached to an aromatic ring is 1. The van der Waals surface area contributed by atoms with E-state index in [0.717, 1.165) is 11.1 Å². The van der Waals surface area contributed by atoms with Crippen LogP contribution in [-0.4, -0.2) is 33.1 Å². The summed E-state index contributed by atoms with van der Waals surface area (Å²) in [6.45, 7) is 3.77. The van der Waals surface area contributed by atoms with Gasteiger partial charge in [-0.3, -0.25) is 4.79 Å². The molecule has 3 N–H and O–H groups in total. The van der Waals surface area contributed by atoms with E-state index in [-0.39, 0.29) is 5.91 Å². The van der Waals surface area contributed by atoms with Gasteiger partial charge in [0.15, 0.2) is 5.82 Å². The number of nitrogens with zero attached hydrogens (tertiary/aromatic N) is 3. The fourth-order valence-corrected chi connectivity index (χ4v) is 3.42. The molecule has 1 aromatic heterocycles. The summed E-state index contributed by atoms with van der Waals surface area (Å²) in [6, 6.07) is 12.8. The molecule has 0 aliphatic heterocycles. The molecule has 0 radical (unpaired) electrons. The number of thioether (sulfide) groups is 1. The first kappa shape index (κ1) is 20.0. The number of aryl methyl sites for hydroxylation is 1. The van der Waals surface area contributed by atoms with Crippen molar-refractivity contribution in [3.8, 4) is 17.1 Å². The first-order chi connectivity index (χ1) is 13.4. The Morgan fingerprint density at radius 2 is 1.96 bits per heavy atom. The standard InChI is InChI=1S/C19H20ClN5O2S/c1-11-4-6-13(7-5-11)17-23-24-19(25(17)21)28-12(2)18(26)22-15-10-14(20)8-9-16(15)27-3/h4-10,12H,21H2,1-3H3,(H,22,26)/t12-/m1/s1. The van der Waals surface area contributed by atoms with Crippen LogP contribution in [0.15, 0.2) is 47.6 Å². The van der Waals surface area contributed by atoms with E-state index >= 15 is 0 Å². The van der Waals surface area contributed by atoms with Gasteiger partial charge in [-0.15, -0.1) is 10.2 Å². The summed E-state index contributed by atoms with van der Waals surface area (Å²) in [4.78, 5) is 12.6. The molecular weight excluding hydrogens is 398 g/mol. The minimum absolute atomic E-state index is 0.231. The highest BCUT2D eigenvalue weighted by Gasteiger charge is 2.21. The van der Waals surface area contributed by atoms with E-state index in [2.05, 4.69) is 15.5 Å². The van der Waals surface area contributed by atoms with Crippen LogP contribution in [-0.2, 0) is 4.79 Å². The van der Waals surface area contributed by atoms with E-state index in [1.807, 2.05) is 31.2 Å². The van der Waals surface area contributed by atoms with Gasteiger partial charge in [-0.2, -0.15) is 0 Å². The second kappa shape index (κ2) is 8.53. The maximum Gasteiger partial charge on any atom is 0.237 e. The summed E-state index contributed by atoms with van der Waals surface area (Å²) in [5.41, 5.74) is 2.50. The average molecular weight is 418 g/mol. The third-order valence-corrected chi connectivity index (χ3v) is 5.34. The number of ether oxygens (including phenoxy) is 1. The van der Waals surface area contributed by atoms with E-state index < -0.39 is 5.25 Å². The van der Waals surface area contributed by atoms with Crippen molar-refractivity contribution >= 4 is 35.0 Å². The Bertz CT molecular complexity index is 990. The molecule has 0 spiro atoms. The highest BCUT2D eigenvalue weighted by atomic mass is 35.5. The highest BCUT2D eigenvalue weighted by Crippen LogP contribution is 2.30. The predicted molar refractivity (Wildman–Crippen MR) is 112 cm³/mol. The lowest BCUT2D eigenvalue weighted by molar-refractivity contribution is -0.115. The molecule has 0 aliphatic carbocycles. The summed E-state index contributed by atoms with van der Waals surface area (Å²) in [7, 11) is 1.53. The first-order valence-electron chi connectivity index (χ1n) is 8.47. The van der Waals surface area contributed by atoms with Crippen LogP contribution in [0.3, 0.4) is 0 Å². The molecule has 146 valence electrons. The number of nitrogens with one attached hydrogen (secondary N) is 1.